The van der Waals surface area contributed by atoms with E-state index in [-0.39, 0.29) is 5.69 Å². The van der Waals surface area contributed by atoms with Gasteiger partial charge >= 0.3 is 6.18 Å². The van der Waals surface area contributed by atoms with Gasteiger partial charge in [-0.3, -0.25) is 4.79 Å². The number of carbonyl (C=O) groups is 1. The highest BCUT2D eigenvalue weighted by Crippen LogP contribution is 2.39. The first kappa shape index (κ1) is 23.9. The van der Waals surface area contributed by atoms with Crippen molar-refractivity contribution in [1.82, 2.24) is 14.9 Å². The van der Waals surface area contributed by atoms with Crippen molar-refractivity contribution in [3.8, 4) is 5.75 Å². The van der Waals surface area contributed by atoms with E-state index in [1.54, 1.807) is 16.8 Å². The molecule has 1 aliphatic heterocycles. The molecule has 0 spiro atoms. The molecule has 0 fully saturated rings. The van der Waals surface area contributed by atoms with E-state index in [9.17, 15) is 18.0 Å². The molecule has 7 nitrogen and oxygen atoms in total. The van der Waals surface area contributed by atoms with Gasteiger partial charge in [0.25, 0.3) is 0 Å². The van der Waals surface area contributed by atoms with Crippen LogP contribution in [0.3, 0.4) is 0 Å². The maximum absolute atomic E-state index is 13.5. The first-order chi connectivity index (χ1) is 16.3. The second kappa shape index (κ2) is 9.96. The summed E-state index contributed by atoms with van der Waals surface area (Å²) in [7, 11) is 0. The second-order valence-electron chi connectivity index (χ2n) is 7.66. The normalized spacial score (nSPS) is 17.6. The number of thioether (sulfide) groups is 1. The van der Waals surface area contributed by atoms with Gasteiger partial charge in [0.05, 0.1) is 23.9 Å². The van der Waals surface area contributed by atoms with Crippen molar-refractivity contribution >= 4 is 23.4 Å². The molecule has 1 aromatic heterocycles. The molecule has 2 aromatic carbocycles. The number of ether oxygens (including phenoxy) is 1. The summed E-state index contributed by atoms with van der Waals surface area (Å²) >= 11 is 1.16. The van der Waals surface area contributed by atoms with Gasteiger partial charge in [0.1, 0.15) is 11.0 Å². The molecular weight excluding hydrogens is 467 g/mol. The molecule has 0 aliphatic carbocycles. The predicted molar refractivity (Wildman–Crippen MR) is 123 cm³/mol. The molecule has 0 radical (unpaired) electrons. The quantitative estimate of drug-likeness (QED) is 0.482. The number of hydrogen-bond donors (Lipinski definition) is 2. The molecule has 1 amide bonds. The van der Waals surface area contributed by atoms with Gasteiger partial charge in [-0.05, 0) is 43.2 Å². The van der Waals surface area contributed by atoms with E-state index in [1.807, 2.05) is 26.0 Å². The fourth-order valence-corrected chi connectivity index (χ4v) is 4.81. The fraction of sp³-hybridized carbons (Fsp3) is 0.348. The molecule has 0 bridgehead atoms. The molecule has 1 aliphatic rings. The fourth-order valence-electron chi connectivity index (χ4n) is 3.72. The van der Waals surface area contributed by atoms with Gasteiger partial charge in [-0.2, -0.15) is 13.2 Å². The Kier molecular flexibility index (Phi) is 7.01. The van der Waals surface area contributed by atoms with Crippen molar-refractivity contribution in [3.05, 3.63) is 65.5 Å². The summed E-state index contributed by atoms with van der Waals surface area (Å²) in [4.78, 5) is 13.3. The van der Waals surface area contributed by atoms with Crippen LogP contribution in [-0.2, 0) is 17.4 Å². The van der Waals surface area contributed by atoms with Gasteiger partial charge in [0.2, 0.25) is 11.1 Å². The van der Waals surface area contributed by atoms with E-state index in [0.29, 0.717) is 23.9 Å². The summed E-state index contributed by atoms with van der Waals surface area (Å²) in [6, 6.07) is 11.7. The number of benzene rings is 2. The Hall–Kier alpha value is -3.21. The van der Waals surface area contributed by atoms with Gasteiger partial charge < -0.3 is 15.5 Å². The maximum Gasteiger partial charge on any atom is 0.418 e. The summed E-state index contributed by atoms with van der Waals surface area (Å²) in [6.45, 7) is 4.43. The molecule has 11 heteroatoms. The Morgan fingerprint density at radius 1 is 1.15 bits per heavy atom. The third-order valence-electron chi connectivity index (χ3n) is 5.28. The first-order valence-electron chi connectivity index (χ1n) is 10.9. The van der Waals surface area contributed by atoms with Crippen LogP contribution < -0.4 is 15.5 Å². The number of nitrogens with zero attached hydrogens (tertiary/aromatic N) is 3. The highest BCUT2D eigenvalue weighted by molar-refractivity contribution is 8.00. The number of aryl methyl sites for hydroxylation is 1. The number of nitrogens with one attached hydrogen (secondary N) is 2. The van der Waals surface area contributed by atoms with Gasteiger partial charge in [0, 0.05) is 6.42 Å². The highest BCUT2D eigenvalue weighted by atomic mass is 32.2. The lowest BCUT2D eigenvalue weighted by atomic mass is 10.0. The van der Waals surface area contributed by atoms with Crippen molar-refractivity contribution in [1.29, 1.82) is 0 Å². The number of halogens is 3. The van der Waals surface area contributed by atoms with E-state index < -0.39 is 28.9 Å². The second-order valence-corrected chi connectivity index (χ2v) is 8.77. The van der Waals surface area contributed by atoms with Gasteiger partial charge in [-0.15, -0.1) is 10.2 Å². The van der Waals surface area contributed by atoms with E-state index in [1.165, 1.54) is 18.2 Å². The Labute approximate surface area is 199 Å². The minimum atomic E-state index is -4.59. The average molecular weight is 492 g/mol. The van der Waals surface area contributed by atoms with Gasteiger partial charge in [0.15, 0.2) is 5.82 Å². The molecule has 2 heterocycles. The molecule has 0 unspecified atom stereocenters. The maximum atomic E-state index is 13.5. The molecule has 2 atom stereocenters. The topological polar surface area (TPSA) is 81.1 Å². The number of hydrogen-bond acceptors (Lipinski definition) is 6. The Bertz CT molecular complexity index is 1150. The van der Waals surface area contributed by atoms with E-state index >= 15 is 0 Å². The summed E-state index contributed by atoms with van der Waals surface area (Å²) in [6.07, 6.45) is -3.05. The van der Waals surface area contributed by atoms with Crippen LogP contribution in [0.5, 0.6) is 5.75 Å². The molecule has 180 valence electrons. The number of anilines is 1. The van der Waals surface area contributed by atoms with Gasteiger partial charge in [-0.25, -0.2) is 4.68 Å². The molecule has 3 aromatic rings. The van der Waals surface area contributed by atoms with Crippen LogP contribution >= 0.6 is 11.8 Å². The van der Waals surface area contributed by atoms with Crippen LogP contribution in [0.2, 0.25) is 0 Å². The number of carbonyl (C=O) groups excluding carboxylic acids is 1. The summed E-state index contributed by atoms with van der Waals surface area (Å²) in [5.74, 6) is 0.841. The molecule has 0 saturated carbocycles. The molecule has 34 heavy (non-hydrogen) atoms. The third-order valence-corrected chi connectivity index (χ3v) is 6.49. The van der Waals surface area contributed by atoms with Crippen molar-refractivity contribution in [2.24, 2.45) is 0 Å². The number of para-hydroxylation sites is 1. The van der Waals surface area contributed by atoms with E-state index in [2.05, 4.69) is 20.9 Å². The standard InChI is InChI=1S/C23H24F3N5O2S/c1-3-7-18-28-29-22-31(18)30-19(14-10-12-15(13-11-14)33-4-2)20(34-22)21(32)27-17-9-6-5-8-16(17)23(24,25)26/h5-6,8-13,19-20,30H,3-4,7H2,1-2H3,(H,27,32)/t19-,20-/m0/s1. The Morgan fingerprint density at radius 2 is 1.88 bits per heavy atom. The molecular formula is C23H24F3N5O2S. The van der Waals surface area contributed by atoms with Crippen LogP contribution in [0.15, 0.2) is 53.7 Å². The van der Waals surface area contributed by atoms with Crippen molar-refractivity contribution in [3.63, 3.8) is 0 Å². The van der Waals surface area contributed by atoms with Gasteiger partial charge in [-0.1, -0.05) is 43.0 Å². The monoisotopic (exact) mass is 491 g/mol. The largest absolute Gasteiger partial charge is 0.494 e. The van der Waals surface area contributed by atoms with Crippen molar-refractivity contribution < 1.29 is 22.7 Å². The predicted octanol–water partition coefficient (Wildman–Crippen LogP) is 5.05. The third kappa shape index (κ3) is 4.98. The van der Waals surface area contributed by atoms with Crippen LogP contribution in [0, 0.1) is 0 Å². The number of aromatic nitrogens is 3. The molecule has 2 N–H and O–H groups in total. The number of fused-ring (bicyclic) bond motifs is 1. The smallest absolute Gasteiger partial charge is 0.418 e. The zero-order valence-corrected chi connectivity index (χ0v) is 19.4. The molecule has 0 saturated heterocycles. The van der Waals surface area contributed by atoms with Crippen molar-refractivity contribution in [2.45, 2.75) is 49.3 Å². The van der Waals surface area contributed by atoms with Crippen LogP contribution in [0.4, 0.5) is 18.9 Å². The lowest BCUT2D eigenvalue weighted by Crippen LogP contribution is -2.41. The van der Waals surface area contributed by atoms with E-state index in [0.717, 1.165) is 35.6 Å². The summed E-state index contributed by atoms with van der Waals surface area (Å²) in [5.41, 5.74) is 2.90. The number of amides is 1. The minimum absolute atomic E-state index is 0.287. The van der Waals surface area contributed by atoms with Crippen LogP contribution in [0.1, 0.15) is 43.3 Å². The van der Waals surface area contributed by atoms with Crippen molar-refractivity contribution in [2.75, 3.05) is 17.3 Å². The van der Waals surface area contributed by atoms with Crippen LogP contribution in [-0.4, -0.2) is 32.6 Å². The highest BCUT2D eigenvalue weighted by Gasteiger charge is 2.39. The zero-order chi connectivity index (χ0) is 24.3. The Balaban J connectivity index is 1.67. The Morgan fingerprint density at radius 3 is 2.56 bits per heavy atom. The minimum Gasteiger partial charge on any atom is -0.494 e. The molecule has 4 rings (SSSR count). The first-order valence-corrected chi connectivity index (χ1v) is 11.8. The number of rotatable bonds is 7. The number of alkyl halides is 3. The SMILES string of the molecule is CCCc1nnc2n1N[C@@H](c1ccc(OCC)cc1)[C@@H](C(=O)Nc1ccccc1C(F)(F)F)S2. The average Bonchev–Trinajstić information content (AvgIpc) is 3.21. The lowest BCUT2D eigenvalue weighted by molar-refractivity contribution is -0.137. The lowest BCUT2D eigenvalue weighted by Gasteiger charge is -2.33. The van der Waals surface area contributed by atoms with E-state index in [4.69, 9.17) is 4.74 Å². The summed E-state index contributed by atoms with van der Waals surface area (Å²) < 4.78 is 47.6. The summed E-state index contributed by atoms with van der Waals surface area (Å²) in [5, 5.41) is 10.5. The van der Waals surface area contributed by atoms with Crippen LogP contribution in [0.25, 0.3) is 0 Å². The zero-order valence-electron chi connectivity index (χ0n) is 18.6.